The summed E-state index contributed by atoms with van der Waals surface area (Å²) in [6.45, 7) is 1.85. The highest BCUT2D eigenvalue weighted by molar-refractivity contribution is 7.89. The molecular formula is C16H21NO6S. The molecule has 2 fully saturated rings. The zero-order valence-electron chi connectivity index (χ0n) is 13.6. The topological polar surface area (TPSA) is 82.1 Å². The predicted molar refractivity (Wildman–Crippen MR) is 85.0 cm³/mol. The molecule has 24 heavy (non-hydrogen) atoms. The summed E-state index contributed by atoms with van der Waals surface area (Å²) in [6, 6.07) is 6.09. The number of carbonyl (C=O) groups excluding carboxylic acids is 1. The Morgan fingerprint density at radius 3 is 2.42 bits per heavy atom. The van der Waals surface area contributed by atoms with Gasteiger partial charge in [-0.25, -0.2) is 13.2 Å². The van der Waals surface area contributed by atoms with Crippen LogP contribution in [0.15, 0.2) is 29.2 Å². The van der Waals surface area contributed by atoms with Crippen molar-refractivity contribution in [1.29, 1.82) is 0 Å². The SMILES string of the molecule is COC(=O)c1ccccc1S(=O)(=O)N1CCC2(CC1)OCCCO2. The number of carbonyl (C=O) groups is 1. The number of methoxy groups -OCH3 is 1. The van der Waals surface area contributed by atoms with Gasteiger partial charge in [-0.1, -0.05) is 12.1 Å². The first-order chi connectivity index (χ1) is 11.5. The van der Waals surface area contributed by atoms with Crippen molar-refractivity contribution < 1.29 is 27.4 Å². The second-order valence-electron chi connectivity index (χ2n) is 5.85. The molecule has 3 rings (SSSR count). The number of piperidine rings is 1. The largest absolute Gasteiger partial charge is 0.465 e. The summed E-state index contributed by atoms with van der Waals surface area (Å²) in [7, 11) is -2.55. The Bertz CT molecular complexity index is 701. The molecule has 2 aliphatic rings. The van der Waals surface area contributed by atoms with Crippen LogP contribution in [0.4, 0.5) is 0 Å². The minimum atomic E-state index is -3.78. The Morgan fingerprint density at radius 1 is 1.17 bits per heavy atom. The molecule has 0 unspecified atom stereocenters. The average molecular weight is 355 g/mol. The molecule has 1 aromatic carbocycles. The maximum Gasteiger partial charge on any atom is 0.339 e. The Balaban J connectivity index is 1.81. The molecule has 7 nitrogen and oxygen atoms in total. The maximum absolute atomic E-state index is 12.9. The molecule has 0 N–H and O–H groups in total. The molecule has 0 amide bonds. The van der Waals surface area contributed by atoms with Gasteiger partial charge in [-0.3, -0.25) is 0 Å². The van der Waals surface area contributed by atoms with E-state index in [-0.39, 0.29) is 23.5 Å². The van der Waals surface area contributed by atoms with Crippen LogP contribution in [0.3, 0.4) is 0 Å². The van der Waals surface area contributed by atoms with Gasteiger partial charge in [0.25, 0.3) is 0 Å². The van der Waals surface area contributed by atoms with Gasteiger partial charge in [-0.2, -0.15) is 4.31 Å². The van der Waals surface area contributed by atoms with Gasteiger partial charge in [0.2, 0.25) is 10.0 Å². The minimum Gasteiger partial charge on any atom is -0.465 e. The monoisotopic (exact) mass is 355 g/mol. The van der Waals surface area contributed by atoms with Crippen LogP contribution in [0.25, 0.3) is 0 Å². The lowest BCUT2D eigenvalue weighted by atomic mass is 10.0. The molecule has 0 bridgehead atoms. The summed E-state index contributed by atoms with van der Waals surface area (Å²) in [6.07, 6.45) is 1.81. The van der Waals surface area contributed by atoms with E-state index < -0.39 is 21.8 Å². The average Bonchev–Trinajstić information content (AvgIpc) is 2.62. The summed E-state index contributed by atoms with van der Waals surface area (Å²) in [5, 5.41) is 0. The molecule has 0 saturated carbocycles. The molecule has 132 valence electrons. The molecule has 2 saturated heterocycles. The van der Waals surface area contributed by atoms with Gasteiger partial charge in [-0.05, 0) is 18.6 Å². The first-order valence-corrected chi connectivity index (χ1v) is 9.38. The third-order valence-corrected chi connectivity index (χ3v) is 6.37. The third kappa shape index (κ3) is 3.19. The zero-order valence-corrected chi connectivity index (χ0v) is 14.4. The third-order valence-electron chi connectivity index (χ3n) is 4.41. The Hall–Kier alpha value is -1.48. The van der Waals surface area contributed by atoms with E-state index in [0.29, 0.717) is 26.1 Å². The second-order valence-corrected chi connectivity index (χ2v) is 7.76. The number of nitrogens with zero attached hydrogens (tertiary/aromatic N) is 1. The zero-order chi connectivity index (χ0) is 17.2. The highest BCUT2D eigenvalue weighted by Crippen LogP contribution is 2.33. The molecule has 2 heterocycles. The van der Waals surface area contributed by atoms with Crippen molar-refractivity contribution in [2.45, 2.75) is 29.9 Å². The van der Waals surface area contributed by atoms with Gasteiger partial charge >= 0.3 is 5.97 Å². The number of rotatable bonds is 3. The molecule has 2 aliphatic heterocycles. The number of hydrogen-bond donors (Lipinski definition) is 0. The summed E-state index contributed by atoms with van der Waals surface area (Å²) >= 11 is 0. The van der Waals surface area contributed by atoms with Crippen molar-refractivity contribution in [2.24, 2.45) is 0 Å². The van der Waals surface area contributed by atoms with Gasteiger partial charge in [0.15, 0.2) is 5.79 Å². The normalized spacial score (nSPS) is 21.5. The van der Waals surface area contributed by atoms with Crippen LogP contribution in [0, 0.1) is 0 Å². The van der Waals surface area contributed by atoms with Gasteiger partial charge < -0.3 is 14.2 Å². The van der Waals surface area contributed by atoms with E-state index in [4.69, 9.17) is 9.47 Å². The first-order valence-electron chi connectivity index (χ1n) is 7.94. The van der Waals surface area contributed by atoms with E-state index >= 15 is 0 Å². The molecule has 0 aliphatic carbocycles. The summed E-state index contributed by atoms with van der Waals surface area (Å²) in [4.78, 5) is 11.8. The molecule has 1 aromatic rings. The van der Waals surface area contributed by atoms with Crippen molar-refractivity contribution >= 4 is 16.0 Å². The van der Waals surface area contributed by atoms with Gasteiger partial charge in [-0.15, -0.1) is 0 Å². The fraction of sp³-hybridized carbons (Fsp3) is 0.562. The Morgan fingerprint density at radius 2 is 1.79 bits per heavy atom. The molecule has 0 radical (unpaired) electrons. The number of hydrogen-bond acceptors (Lipinski definition) is 6. The minimum absolute atomic E-state index is 0.0294. The lowest BCUT2D eigenvalue weighted by molar-refractivity contribution is -0.280. The fourth-order valence-electron chi connectivity index (χ4n) is 3.08. The highest BCUT2D eigenvalue weighted by Gasteiger charge is 2.42. The first kappa shape index (κ1) is 17.3. The molecular weight excluding hydrogens is 334 g/mol. The number of esters is 1. The van der Waals surface area contributed by atoms with Crippen LogP contribution in [0.5, 0.6) is 0 Å². The van der Waals surface area contributed by atoms with Crippen molar-refractivity contribution in [3.8, 4) is 0 Å². The number of ether oxygens (including phenoxy) is 3. The second kappa shape index (κ2) is 6.79. The van der Waals surface area contributed by atoms with E-state index in [1.807, 2.05) is 0 Å². The van der Waals surface area contributed by atoms with E-state index in [1.165, 1.54) is 23.5 Å². The standard InChI is InChI=1S/C16H21NO6S/c1-21-15(18)13-5-2-3-6-14(13)24(19,20)17-9-7-16(8-10-17)22-11-4-12-23-16/h2-3,5-6H,4,7-12H2,1H3. The van der Waals surface area contributed by atoms with Crippen molar-refractivity contribution in [2.75, 3.05) is 33.4 Å². The smallest absolute Gasteiger partial charge is 0.339 e. The lowest BCUT2D eigenvalue weighted by Gasteiger charge is -2.42. The van der Waals surface area contributed by atoms with Crippen LogP contribution in [0.1, 0.15) is 29.6 Å². The predicted octanol–water partition coefficient (Wildman–Crippen LogP) is 1.39. The van der Waals surface area contributed by atoms with Crippen molar-refractivity contribution in [3.63, 3.8) is 0 Å². The fourth-order valence-corrected chi connectivity index (χ4v) is 4.70. The van der Waals surface area contributed by atoms with Gasteiger partial charge in [0, 0.05) is 25.9 Å². The van der Waals surface area contributed by atoms with E-state index in [9.17, 15) is 13.2 Å². The Labute approximate surface area is 141 Å². The van der Waals surface area contributed by atoms with Crippen LogP contribution in [0.2, 0.25) is 0 Å². The van der Waals surface area contributed by atoms with Crippen molar-refractivity contribution in [3.05, 3.63) is 29.8 Å². The van der Waals surface area contributed by atoms with Gasteiger partial charge in [0.05, 0.1) is 30.8 Å². The molecule has 0 atom stereocenters. The van der Waals surface area contributed by atoms with Crippen LogP contribution >= 0.6 is 0 Å². The molecule has 0 aromatic heterocycles. The summed E-state index contributed by atoms with van der Waals surface area (Å²) in [5.74, 6) is -1.33. The van der Waals surface area contributed by atoms with Crippen LogP contribution in [-0.4, -0.2) is 57.9 Å². The van der Waals surface area contributed by atoms with E-state index in [0.717, 1.165) is 6.42 Å². The quantitative estimate of drug-likeness (QED) is 0.762. The summed E-state index contributed by atoms with van der Waals surface area (Å²) in [5.41, 5.74) is 0.0467. The lowest BCUT2D eigenvalue weighted by Crippen LogP contribution is -2.51. The van der Waals surface area contributed by atoms with Crippen LogP contribution < -0.4 is 0 Å². The number of benzene rings is 1. The highest BCUT2D eigenvalue weighted by atomic mass is 32.2. The Kier molecular flexibility index (Phi) is 4.91. The van der Waals surface area contributed by atoms with Crippen LogP contribution in [-0.2, 0) is 24.2 Å². The van der Waals surface area contributed by atoms with Gasteiger partial charge in [0.1, 0.15) is 0 Å². The summed E-state index contributed by atoms with van der Waals surface area (Å²) < 4.78 is 43.4. The van der Waals surface area contributed by atoms with E-state index in [2.05, 4.69) is 4.74 Å². The molecule has 8 heteroatoms. The molecule has 1 spiro atoms. The number of sulfonamides is 1. The maximum atomic E-state index is 12.9. The van der Waals surface area contributed by atoms with Crippen molar-refractivity contribution in [1.82, 2.24) is 4.31 Å². The van der Waals surface area contributed by atoms with E-state index in [1.54, 1.807) is 12.1 Å².